The van der Waals surface area contributed by atoms with E-state index < -0.39 is 0 Å². The lowest BCUT2D eigenvalue weighted by atomic mass is 10.0. The van der Waals surface area contributed by atoms with Crippen LogP contribution in [-0.4, -0.2) is 45.4 Å². The van der Waals surface area contributed by atoms with E-state index in [1.54, 1.807) is 0 Å². The zero-order chi connectivity index (χ0) is 14.2. The molecule has 1 aromatic carbocycles. The zero-order valence-electron chi connectivity index (χ0n) is 11.8. The lowest BCUT2D eigenvalue weighted by Crippen LogP contribution is -2.43. The van der Waals surface area contributed by atoms with Crippen LogP contribution in [0, 0.1) is 5.92 Å². The Morgan fingerprint density at radius 3 is 2.90 bits per heavy atom. The van der Waals surface area contributed by atoms with Gasteiger partial charge in [0.15, 0.2) is 0 Å². The van der Waals surface area contributed by atoms with Crippen molar-refractivity contribution in [2.75, 3.05) is 33.4 Å². The minimum Gasteiger partial charge on any atom is -0.494 e. The number of carbonyl (C=O) groups excluding carboxylic acids is 1. The van der Waals surface area contributed by atoms with E-state index in [0.717, 1.165) is 12.2 Å². The molecule has 2 unspecified atom stereocenters. The minimum atomic E-state index is -0.0879. The number of hydrogen-bond donors (Lipinski definition) is 2. The maximum atomic E-state index is 12.0. The Bertz CT molecular complexity index is 411. The summed E-state index contributed by atoms with van der Waals surface area (Å²) >= 11 is 0. The van der Waals surface area contributed by atoms with E-state index in [0.29, 0.717) is 26.4 Å². The molecular weight excluding hydrogens is 256 g/mol. The van der Waals surface area contributed by atoms with E-state index in [1.807, 2.05) is 37.4 Å². The number of para-hydroxylation sites is 1. The van der Waals surface area contributed by atoms with Crippen molar-refractivity contribution in [1.29, 1.82) is 0 Å². The highest BCUT2D eigenvalue weighted by molar-refractivity contribution is 5.79. The Labute approximate surface area is 119 Å². The van der Waals surface area contributed by atoms with Crippen molar-refractivity contribution >= 4 is 5.91 Å². The molecule has 1 aromatic rings. The van der Waals surface area contributed by atoms with Crippen LogP contribution < -0.4 is 15.4 Å². The molecule has 5 heteroatoms. The van der Waals surface area contributed by atoms with Gasteiger partial charge in [0.2, 0.25) is 5.91 Å². The monoisotopic (exact) mass is 278 g/mol. The van der Waals surface area contributed by atoms with Crippen molar-refractivity contribution in [2.45, 2.75) is 12.5 Å². The number of nitrogens with one attached hydrogen (secondary N) is 2. The van der Waals surface area contributed by atoms with Crippen molar-refractivity contribution in [3.05, 3.63) is 30.3 Å². The van der Waals surface area contributed by atoms with Crippen molar-refractivity contribution in [3.8, 4) is 5.75 Å². The summed E-state index contributed by atoms with van der Waals surface area (Å²) in [7, 11) is 1.85. The van der Waals surface area contributed by atoms with Crippen molar-refractivity contribution in [1.82, 2.24) is 10.6 Å². The quantitative estimate of drug-likeness (QED) is 0.725. The summed E-state index contributed by atoms with van der Waals surface area (Å²) in [5.74, 6) is 0.829. The molecule has 2 atom stereocenters. The fraction of sp³-hybridized carbons (Fsp3) is 0.533. The molecule has 1 fully saturated rings. The van der Waals surface area contributed by atoms with Gasteiger partial charge in [0.05, 0.1) is 25.7 Å². The van der Waals surface area contributed by atoms with Crippen LogP contribution >= 0.6 is 0 Å². The number of ether oxygens (including phenoxy) is 2. The molecular formula is C15H22N2O3. The van der Waals surface area contributed by atoms with Crippen LogP contribution in [0.5, 0.6) is 5.75 Å². The fourth-order valence-corrected chi connectivity index (χ4v) is 2.22. The number of carbonyl (C=O) groups is 1. The smallest absolute Gasteiger partial charge is 0.227 e. The Kier molecular flexibility index (Phi) is 5.83. The minimum absolute atomic E-state index is 0.0570. The van der Waals surface area contributed by atoms with Crippen LogP contribution in [0.4, 0.5) is 0 Å². The molecule has 1 aliphatic heterocycles. The molecule has 2 rings (SSSR count). The van der Waals surface area contributed by atoms with Gasteiger partial charge >= 0.3 is 0 Å². The molecule has 2 N–H and O–H groups in total. The fourth-order valence-electron chi connectivity index (χ4n) is 2.22. The number of likely N-dealkylation sites (N-methyl/N-ethyl adjacent to an activating group) is 1. The highest BCUT2D eigenvalue weighted by Gasteiger charge is 2.32. The second-order valence-corrected chi connectivity index (χ2v) is 4.85. The van der Waals surface area contributed by atoms with Crippen molar-refractivity contribution in [3.63, 3.8) is 0 Å². The highest BCUT2D eigenvalue weighted by Crippen LogP contribution is 2.13. The van der Waals surface area contributed by atoms with Crippen LogP contribution in [0.3, 0.4) is 0 Å². The lowest BCUT2D eigenvalue weighted by Gasteiger charge is -2.16. The normalized spacial score (nSPS) is 21.6. The molecule has 20 heavy (non-hydrogen) atoms. The summed E-state index contributed by atoms with van der Waals surface area (Å²) < 4.78 is 10.9. The molecule has 0 bridgehead atoms. The summed E-state index contributed by atoms with van der Waals surface area (Å²) in [6, 6.07) is 9.80. The Hall–Kier alpha value is -1.59. The summed E-state index contributed by atoms with van der Waals surface area (Å²) in [5.41, 5.74) is 0. The third-order valence-corrected chi connectivity index (χ3v) is 3.42. The van der Waals surface area contributed by atoms with E-state index in [4.69, 9.17) is 9.47 Å². The summed E-state index contributed by atoms with van der Waals surface area (Å²) in [4.78, 5) is 12.0. The number of benzene rings is 1. The van der Waals surface area contributed by atoms with E-state index in [-0.39, 0.29) is 17.9 Å². The molecule has 0 saturated carbocycles. The first-order chi connectivity index (χ1) is 9.81. The van der Waals surface area contributed by atoms with Crippen LogP contribution in [-0.2, 0) is 9.53 Å². The molecule has 0 spiro atoms. The lowest BCUT2D eigenvalue weighted by molar-refractivity contribution is -0.125. The summed E-state index contributed by atoms with van der Waals surface area (Å²) in [6.07, 6.45) is 0.790. The molecule has 0 aliphatic carbocycles. The molecule has 1 aliphatic rings. The van der Waals surface area contributed by atoms with Gasteiger partial charge < -0.3 is 20.1 Å². The Morgan fingerprint density at radius 1 is 1.35 bits per heavy atom. The van der Waals surface area contributed by atoms with Gasteiger partial charge in [-0.25, -0.2) is 0 Å². The average Bonchev–Trinajstić information content (AvgIpc) is 2.96. The van der Waals surface area contributed by atoms with Gasteiger partial charge in [-0.2, -0.15) is 0 Å². The largest absolute Gasteiger partial charge is 0.494 e. The van der Waals surface area contributed by atoms with E-state index in [1.165, 1.54) is 0 Å². The number of hydrogen-bond acceptors (Lipinski definition) is 4. The van der Waals surface area contributed by atoms with Gasteiger partial charge in [-0.3, -0.25) is 4.79 Å². The van der Waals surface area contributed by atoms with Gasteiger partial charge in [0, 0.05) is 12.6 Å². The van der Waals surface area contributed by atoms with Gasteiger partial charge in [0.1, 0.15) is 5.75 Å². The third kappa shape index (κ3) is 4.21. The topological polar surface area (TPSA) is 59.6 Å². The van der Waals surface area contributed by atoms with Crippen molar-refractivity contribution in [2.24, 2.45) is 5.92 Å². The van der Waals surface area contributed by atoms with Gasteiger partial charge in [0.25, 0.3) is 0 Å². The summed E-state index contributed by atoms with van der Waals surface area (Å²) in [5, 5.41) is 6.04. The molecule has 0 radical (unpaired) electrons. The van der Waals surface area contributed by atoms with Crippen molar-refractivity contribution < 1.29 is 14.3 Å². The van der Waals surface area contributed by atoms with Gasteiger partial charge in [-0.05, 0) is 25.6 Å². The van der Waals surface area contributed by atoms with Crippen LogP contribution in [0.25, 0.3) is 0 Å². The molecule has 1 heterocycles. The third-order valence-electron chi connectivity index (χ3n) is 3.42. The standard InChI is InChI=1S/C15H22N2O3/c1-16-14-11-19-10-13(14)15(18)17-8-5-9-20-12-6-3-2-4-7-12/h2-4,6-7,13-14,16H,5,8-11H2,1H3,(H,17,18). The predicted octanol–water partition coefficient (Wildman–Crippen LogP) is 0.806. The SMILES string of the molecule is CNC1COCC1C(=O)NCCCOc1ccccc1. The number of amides is 1. The first kappa shape index (κ1) is 14.8. The maximum absolute atomic E-state index is 12.0. The number of rotatable bonds is 7. The van der Waals surface area contributed by atoms with Crippen LogP contribution in [0.15, 0.2) is 30.3 Å². The van der Waals surface area contributed by atoms with E-state index in [2.05, 4.69) is 10.6 Å². The van der Waals surface area contributed by atoms with E-state index >= 15 is 0 Å². The van der Waals surface area contributed by atoms with Crippen LogP contribution in [0.1, 0.15) is 6.42 Å². The van der Waals surface area contributed by atoms with Gasteiger partial charge in [-0.1, -0.05) is 18.2 Å². The average molecular weight is 278 g/mol. The Morgan fingerprint density at radius 2 is 2.15 bits per heavy atom. The Balaban J connectivity index is 1.60. The predicted molar refractivity (Wildman–Crippen MR) is 76.7 cm³/mol. The zero-order valence-corrected chi connectivity index (χ0v) is 11.8. The highest BCUT2D eigenvalue weighted by atomic mass is 16.5. The molecule has 110 valence electrons. The molecule has 5 nitrogen and oxygen atoms in total. The maximum Gasteiger partial charge on any atom is 0.227 e. The second kappa shape index (κ2) is 7.87. The molecule has 1 amide bonds. The van der Waals surface area contributed by atoms with Gasteiger partial charge in [-0.15, -0.1) is 0 Å². The first-order valence-corrected chi connectivity index (χ1v) is 7.02. The summed E-state index contributed by atoms with van der Waals surface area (Å²) in [6.45, 7) is 2.32. The molecule has 0 aromatic heterocycles. The van der Waals surface area contributed by atoms with E-state index in [9.17, 15) is 4.79 Å². The van der Waals surface area contributed by atoms with Crippen LogP contribution in [0.2, 0.25) is 0 Å². The first-order valence-electron chi connectivity index (χ1n) is 7.02. The second-order valence-electron chi connectivity index (χ2n) is 4.85. The molecule has 1 saturated heterocycles.